The molecule has 4 rings (SSSR count). The van der Waals surface area contributed by atoms with Gasteiger partial charge in [-0.15, -0.1) is 0 Å². The van der Waals surface area contributed by atoms with Crippen LogP contribution in [0.2, 0.25) is 0 Å². The normalized spacial score (nSPS) is 13.8. The monoisotopic (exact) mass is 519 g/mol. The molecule has 10 nitrogen and oxygen atoms in total. The average molecular weight is 520 g/mol. The Kier molecular flexibility index (Phi) is 7.81. The molecular formula is C28H25NO9. The van der Waals surface area contributed by atoms with Crippen LogP contribution in [0.15, 0.2) is 66.4 Å². The molecule has 1 aliphatic rings. The molecule has 10 heteroatoms. The Morgan fingerprint density at radius 3 is 2.42 bits per heavy atom. The minimum Gasteiger partial charge on any atom is -0.508 e. The van der Waals surface area contributed by atoms with Crippen molar-refractivity contribution in [3.8, 4) is 28.7 Å². The van der Waals surface area contributed by atoms with Gasteiger partial charge in [-0.05, 0) is 53.6 Å². The van der Waals surface area contributed by atoms with Crippen molar-refractivity contribution in [2.75, 3.05) is 20.8 Å². The third-order valence-corrected chi connectivity index (χ3v) is 5.73. The number of phenols is 1. The van der Waals surface area contributed by atoms with Crippen LogP contribution in [0.3, 0.4) is 0 Å². The Balaban J connectivity index is 1.38. The number of aromatic hydroxyl groups is 1. The highest BCUT2D eigenvalue weighted by Gasteiger charge is 2.28. The number of carbonyl (C=O) groups is 3. The van der Waals surface area contributed by atoms with Crippen molar-refractivity contribution < 1.29 is 43.5 Å². The van der Waals surface area contributed by atoms with Crippen LogP contribution in [0.5, 0.6) is 28.7 Å². The molecule has 1 aliphatic heterocycles. The molecule has 3 N–H and O–H groups in total. The lowest BCUT2D eigenvalue weighted by molar-refractivity contribution is -0.142. The summed E-state index contributed by atoms with van der Waals surface area (Å²) in [5, 5.41) is 21.3. The van der Waals surface area contributed by atoms with Gasteiger partial charge in [0.25, 0.3) is 5.91 Å². The molecule has 0 fully saturated rings. The van der Waals surface area contributed by atoms with Crippen molar-refractivity contribution in [2.24, 2.45) is 0 Å². The van der Waals surface area contributed by atoms with E-state index >= 15 is 0 Å². The van der Waals surface area contributed by atoms with Gasteiger partial charge in [-0.1, -0.05) is 18.2 Å². The van der Waals surface area contributed by atoms with Gasteiger partial charge in [0.1, 0.15) is 23.3 Å². The number of nitrogens with one attached hydrogen (secondary N) is 1. The number of carboxylic acids is 1. The third-order valence-electron chi connectivity index (χ3n) is 5.73. The molecule has 1 heterocycles. The number of allylic oxidation sites excluding steroid dienone is 1. The quantitative estimate of drug-likeness (QED) is 0.344. The van der Waals surface area contributed by atoms with Gasteiger partial charge in [0, 0.05) is 12.5 Å². The van der Waals surface area contributed by atoms with E-state index in [2.05, 4.69) is 5.32 Å². The minimum atomic E-state index is -1.20. The third kappa shape index (κ3) is 6.04. The topological polar surface area (TPSA) is 141 Å². The molecule has 1 amide bonds. The van der Waals surface area contributed by atoms with Gasteiger partial charge >= 0.3 is 5.97 Å². The van der Waals surface area contributed by atoms with Gasteiger partial charge in [0.05, 0.1) is 19.8 Å². The van der Waals surface area contributed by atoms with Crippen molar-refractivity contribution in [1.29, 1.82) is 0 Å². The second kappa shape index (κ2) is 11.4. The number of ether oxygens (including phenoxy) is 4. The van der Waals surface area contributed by atoms with Crippen LogP contribution in [0.1, 0.15) is 21.5 Å². The highest BCUT2D eigenvalue weighted by Crippen LogP contribution is 2.36. The Morgan fingerprint density at radius 2 is 1.74 bits per heavy atom. The van der Waals surface area contributed by atoms with Crippen LogP contribution in [-0.2, 0) is 16.0 Å². The van der Waals surface area contributed by atoms with Crippen LogP contribution < -0.4 is 24.3 Å². The highest BCUT2D eigenvalue weighted by atomic mass is 16.5. The molecule has 0 saturated carbocycles. The number of ketones is 1. The second-order valence-electron chi connectivity index (χ2n) is 8.33. The standard InChI is InChI=1S/C28H25NO9/c1-35-22-10-5-17(12-24(22)36-2)13-25-27(32)20-9-8-19(14-23(20)38-25)37-15-26(31)29-21(28(33)34)11-16-3-6-18(30)7-4-16/h3-10,12-14,21,30H,11,15H2,1-2H3,(H,29,31)(H,33,34)/b25-13-. The largest absolute Gasteiger partial charge is 0.508 e. The van der Waals surface area contributed by atoms with Gasteiger partial charge in [-0.2, -0.15) is 0 Å². The first-order chi connectivity index (χ1) is 18.3. The Morgan fingerprint density at radius 1 is 1.00 bits per heavy atom. The zero-order valence-electron chi connectivity index (χ0n) is 20.6. The van der Waals surface area contributed by atoms with E-state index in [4.69, 9.17) is 18.9 Å². The Labute approximate surface area is 218 Å². The molecule has 196 valence electrons. The second-order valence-corrected chi connectivity index (χ2v) is 8.33. The van der Waals surface area contributed by atoms with Crippen LogP contribution in [-0.4, -0.2) is 54.7 Å². The summed E-state index contributed by atoms with van der Waals surface area (Å²) in [5.41, 5.74) is 1.65. The summed E-state index contributed by atoms with van der Waals surface area (Å²) in [5.74, 6) is -0.378. The number of aliphatic carboxylic acids is 1. The predicted molar refractivity (Wildman–Crippen MR) is 136 cm³/mol. The number of carbonyl (C=O) groups excluding carboxylic acids is 2. The fourth-order valence-electron chi connectivity index (χ4n) is 3.80. The summed E-state index contributed by atoms with van der Waals surface area (Å²) in [4.78, 5) is 36.7. The van der Waals surface area contributed by atoms with Crippen LogP contribution >= 0.6 is 0 Å². The maximum Gasteiger partial charge on any atom is 0.326 e. The SMILES string of the molecule is COc1ccc(/C=C2\Oc3cc(OCC(=O)NC(Cc4ccc(O)cc4)C(=O)O)ccc3C2=O)cc1OC. The van der Waals surface area contributed by atoms with Crippen molar-refractivity contribution in [3.63, 3.8) is 0 Å². The molecule has 0 spiro atoms. The van der Waals surface area contributed by atoms with E-state index in [0.29, 0.717) is 28.2 Å². The van der Waals surface area contributed by atoms with Gasteiger partial charge in [0.15, 0.2) is 23.9 Å². The molecular weight excluding hydrogens is 494 g/mol. The lowest BCUT2D eigenvalue weighted by Gasteiger charge is -2.15. The summed E-state index contributed by atoms with van der Waals surface area (Å²) in [6.45, 7) is -0.444. The molecule has 0 radical (unpaired) electrons. The average Bonchev–Trinajstić information content (AvgIpc) is 3.22. The van der Waals surface area contributed by atoms with E-state index < -0.39 is 24.5 Å². The summed E-state index contributed by atoms with van der Waals surface area (Å²) >= 11 is 0. The number of carboxylic acid groups (broad SMARTS) is 1. The lowest BCUT2D eigenvalue weighted by Crippen LogP contribution is -2.44. The number of Topliss-reactive ketones (excluding diaryl/α,β-unsaturated/α-hetero) is 1. The number of phenolic OH excluding ortho intramolecular Hbond substituents is 1. The molecule has 3 aromatic rings. The fraction of sp³-hybridized carbons (Fsp3) is 0.179. The molecule has 38 heavy (non-hydrogen) atoms. The van der Waals surface area contributed by atoms with E-state index in [9.17, 15) is 24.6 Å². The number of fused-ring (bicyclic) bond motifs is 1. The van der Waals surface area contributed by atoms with Crippen LogP contribution in [0.25, 0.3) is 6.08 Å². The molecule has 1 atom stereocenters. The molecule has 0 aliphatic carbocycles. The predicted octanol–water partition coefficient (Wildman–Crippen LogP) is 3.22. The van der Waals surface area contributed by atoms with E-state index in [0.717, 1.165) is 0 Å². The number of methoxy groups -OCH3 is 2. The summed E-state index contributed by atoms with van der Waals surface area (Å²) in [7, 11) is 3.04. The van der Waals surface area contributed by atoms with Crippen molar-refractivity contribution in [1.82, 2.24) is 5.32 Å². The smallest absolute Gasteiger partial charge is 0.326 e. The number of amides is 1. The zero-order valence-corrected chi connectivity index (χ0v) is 20.6. The maximum absolute atomic E-state index is 12.8. The van der Waals surface area contributed by atoms with E-state index in [-0.39, 0.29) is 35.2 Å². The first-order valence-electron chi connectivity index (χ1n) is 11.5. The minimum absolute atomic E-state index is 0.0331. The molecule has 0 bridgehead atoms. The van der Waals surface area contributed by atoms with E-state index in [1.165, 1.54) is 44.6 Å². The zero-order chi connectivity index (χ0) is 27.2. The molecule has 0 aromatic heterocycles. The number of hydrogen-bond donors (Lipinski definition) is 3. The van der Waals surface area contributed by atoms with Gasteiger partial charge in [0.2, 0.25) is 5.78 Å². The van der Waals surface area contributed by atoms with Crippen molar-refractivity contribution >= 4 is 23.7 Å². The highest BCUT2D eigenvalue weighted by molar-refractivity contribution is 6.14. The van der Waals surface area contributed by atoms with Crippen LogP contribution in [0.4, 0.5) is 0 Å². The van der Waals surface area contributed by atoms with E-state index in [1.807, 2.05) is 0 Å². The molecule has 1 unspecified atom stereocenters. The van der Waals surface area contributed by atoms with Gasteiger partial charge in [-0.3, -0.25) is 9.59 Å². The Hall–Kier alpha value is -4.99. The number of rotatable bonds is 10. The van der Waals surface area contributed by atoms with Gasteiger partial charge in [-0.25, -0.2) is 4.79 Å². The summed E-state index contributed by atoms with van der Waals surface area (Å²) < 4.78 is 21.8. The first kappa shape index (κ1) is 26.1. The lowest BCUT2D eigenvalue weighted by atomic mass is 10.1. The summed E-state index contributed by atoms with van der Waals surface area (Å²) in [6, 6.07) is 14.6. The molecule has 0 saturated heterocycles. The molecule has 3 aromatic carbocycles. The summed E-state index contributed by atoms with van der Waals surface area (Å²) in [6.07, 6.45) is 1.61. The number of benzene rings is 3. The maximum atomic E-state index is 12.8. The Bertz CT molecular complexity index is 1400. The van der Waals surface area contributed by atoms with Gasteiger partial charge < -0.3 is 34.5 Å². The first-order valence-corrected chi connectivity index (χ1v) is 11.5. The fourth-order valence-corrected chi connectivity index (χ4v) is 3.80. The van der Waals surface area contributed by atoms with E-state index in [1.54, 1.807) is 36.4 Å². The van der Waals surface area contributed by atoms with Crippen molar-refractivity contribution in [2.45, 2.75) is 12.5 Å². The number of hydrogen-bond acceptors (Lipinski definition) is 8. The van der Waals surface area contributed by atoms with Crippen LogP contribution in [0, 0.1) is 0 Å². The van der Waals surface area contributed by atoms with Crippen molar-refractivity contribution in [3.05, 3.63) is 83.1 Å².